The van der Waals surface area contributed by atoms with Gasteiger partial charge in [-0.15, -0.1) is 0 Å². The maximum Gasteiger partial charge on any atom is 0.383 e. The molecule has 0 saturated carbocycles. The molecule has 1 aromatic carbocycles. The standard InChI is InChI=1S/C31H44O6/c1-6-7-8-9-10-11-12-13-21-34-29-26-18-15-19-27(36-25(5)32)28(26)37-31(33)30(29)35-22-20-24(4)17-14-16-23(2)3/h15-16,18-20H,6-14,17,21-22H2,1-5H3/b24-20+. The Labute approximate surface area is 221 Å². The second-order valence-electron chi connectivity index (χ2n) is 9.78. The number of esters is 1. The summed E-state index contributed by atoms with van der Waals surface area (Å²) in [4.78, 5) is 24.5. The number of allylic oxidation sites excluding steroid dienone is 3. The van der Waals surface area contributed by atoms with E-state index in [4.69, 9.17) is 18.6 Å². The van der Waals surface area contributed by atoms with Crippen LogP contribution in [0.3, 0.4) is 0 Å². The molecule has 0 spiro atoms. The first kappa shape index (κ1) is 30.2. The smallest absolute Gasteiger partial charge is 0.383 e. The molecule has 0 bridgehead atoms. The van der Waals surface area contributed by atoms with Crippen LogP contribution in [0, 0.1) is 0 Å². The van der Waals surface area contributed by atoms with Gasteiger partial charge in [-0.3, -0.25) is 4.79 Å². The number of hydrogen-bond donors (Lipinski definition) is 0. The molecule has 0 N–H and O–H groups in total. The summed E-state index contributed by atoms with van der Waals surface area (Å²) in [5.74, 6) is 0.0605. The highest BCUT2D eigenvalue weighted by atomic mass is 16.5. The Morgan fingerprint density at radius 3 is 2.27 bits per heavy atom. The van der Waals surface area contributed by atoms with Crippen LogP contribution in [0.15, 0.2) is 50.7 Å². The molecule has 0 fully saturated rings. The van der Waals surface area contributed by atoms with Crippen molar-refractivity contribution in [1.29, 1.82) is 0 Å². The highest BCUT2D eigenvalue weighted by Crippen LogP contribution is 2.37. The molecule has 0 unspecified atom stereocenters. The van der Waals surface area contributed by atoms with E-state index in [1.807, 2.05) is 6.08 Å². The maximum absolute atomic E-state index is 12.9. The van der Waals surface area contributed by atoms with E-state index in [-0.39, 0.29) is 23.7 Å². The van der Waals surface area contributed by atoms with Crippen molar-refractivity contribution in [2.75, 3.05) is 13.2 Å². The van der Waals surface area contributed by atoms with Gasteiger partial charge in [0, 0.05) is 6.92 Å². The molecule has 0 aliphatic carbocycles. The van der Waals surface area contributed by atoms with Gasteiger partial charge in [0.15, 0.2) is 17.1 Å². The molecule has 1 heterocycles. The third-order valence-corrected chi connectivity index (χ3v) is 6.06. The van der Waals surface area contributed by atoms with Gasteiger partial charge in [-0.25, -0.2) is 4.79 Å². The Bertz CT molecular complexity index is 1100. The van der Waals surface area contributed by atoms with Gasteiger partial charge in [-0.1, -0.05) is 75.2 Å². The number of carbonyl (C=O) groups is 1. The van der Waals surface area contributed by atoms with Crippen LogP contribution in [0.1, 0.15) is 98.8 Å². The number of ether oxygens (including phenoxy) is 3. The molecule has 2 aromatic rings. The molecule has 0 atom stereocenters. The minimum Gasteiger partial charge on any atom is -0.489 e. The van der Waals surface area contributed by atoms with Crippen molar-refractivity contribution in [2.45, 2.75) is 98.8 Å². The fraction of sp³-hybridized carbons (Fsp3) is 0.548. The molecule has 0 aliphatic rings. The van der Waals surface area contributed by atoms with Crippen molar-refractivity contribution in [1.82, 2.24) is 0 Å². The van der Waals surface area contributed by atoms with Crippen LogP contribution >= 0.6 is 0 Å². The Morgan fingerprint density at radius 1 is 0.892 bits per heavy atom. The minimum absolute atomic E-state index is 0.0420. The highest BCUT2D eigenvalue weighted by molar-refractivity contribution is 5.91. The van der Waals surface area contributed by atoms with Crippen LogP contribution in [-0.2, 0) is 4.79 Å². The van der Waals surface area contributed by atoms with Gasteiger partial charge >= 0.3 is 11.6 Å². The highest BCUT2D eigenvalue weighted by Gasteiger charge is 2.20. The quantitative estimate of drug-likeness (QED) is 0.0697. The monoisotopic (exact) mass is 512 g/mol. The molecule has 0 amide bonds. The molecule has 0 aliphatic heterocycles. The first-order valence-corrected chi connectivity index (χ1v) is 13.7. The van der Waals surface area contributed by atoms with Crippen LogP contribution in [-0.4, -0.2) is 19.2 Å². The third-order valence-electron chi connectivity index (χ3n) is 6.06. The fourth-order valence-corrected chi connectivity index (χ4v) is 4.02. The summed E-state index contributed by atoms with van der Waals surface area (Å²) in [6.45, 7) is 10.4. The third kappa shape index (κ3) is 10.9. The first-order chi connectivity index (χ1) is 17.8. The van der Waals surface area contributed by atoms with Crippen LogP contribution in [0.5, 0.6) is 17.2 Å². The maximum atomic E-state index is 12.9. The van der Waals surface area contributed by atoms with E-state index in [0.717, 1.165) is 25.7 Å². The average Bonchev–Trinajstić information content (AvgIpc) is 2.84. The summed E-state index contributed by atoms with van der Waals surface area (Å²) in [6.07, 6.45) is 15.5. The van der Waals surface area contributed by atoms with Gasteiger partial charge in [0.2, 0.25) is 5.75 Å². The van der Waals surface area contributed by atoms with E-state index in [0.29, 0.717) is 17.7 Å². The summed E-state index contributed by atoms with van der Waals surface area (Å²) in [6, 6.07) is 5.11. The predicted molar refractivity (Wildman–Crippen MR) is 150 cm³/mol. The number of benzene rings is 1. The van der Waals surface area contributed by atoms with E-state index in [9.17, 15) is 9.59 Å². The Hall–Kier alpha value is -3.02. The Morgan fingerprint density at radius 2 is 1.59 bits per heavy atom. The summed E-state index contributed by atoms with van der Waals surface area (Å²) < 4.78 is 22.8. The van der Waals surface area contributed by atoms with E-state index in [2.05, 4.69) is 33.8 Å². The predicted octanol–water partition coefficient (Wildman–Crippen LogP) is 8.31. The molecular formula is C31H44O6. The van der Waals surface area contributed by atoms with Crippen molar-refractivity contribution in [2.24, 2.45) is 0 Å². The first-order valence-electron chi connectivity index (χ1n) is 13.7. The average molecular weight is 513 g/mol. The second-order valence-corrected chi connectivity index (χ2v) is 9.78. The Balaban J connectivity index is 2.16. The zero-order chi connectivity index (χ0) is 27.0. The lowest BCUT2D eigenvalue weighted by molar-refractivity contribution is -0.131. The van der Waals surface area contributed by atoms with Crippen molar-refractivity contribution < 1.29 is 23.4 Å². The number of fused-ring (bicyclic) bond motifs is 1. The number of unbranched alkanes of at least 4 members (excludes halogenated alkanes) is 7. The van der Waals surface area contributed by atoms with Crippen LogP contribution < -0.4 is 19.8 Å². The number of para-hydroxylation sites is 1. The molecule has 204 valence electrons. The van der Waals surface area contributed by atoms with E-state index >= 15 is 0 Å². The lowest BCUT2D eigenvalue weighted by atomic mass is 10.1. The second kappa shape index (κ2) is 16.7. The van der Waals surface area contributed by atoms with E-state index in [1.54, 1.807) is 18.2 Å². The van der Waals surface area contributed by atoms with E-state index in [1.165, 1.54) is 56.6 Å². The summed E-state index contributed by atoms with van der Waals surface area (Å²) >= 11 is 0. The van der Waals surface area contributed by atoms with E-state index < -0.39 is 11.6 Å². The lowest BCUT2D eigenvalue weighted by Crippen LogP contribution is -2.12. The zero-order valence-electron chi connectivity index (χ0n) is 23.3. The summed E-state index contributed by atoms with van der Waals surface area (Å²) in [5, 5.41) is 0.539. The lowest BCUT2D eigenvalue weighted by Gasteiger charge is -2.14. The van der Waals surface area contributed by atoms with Crippen molar-refractivity contribution in [3.05, 3.63) is 51.9 Å². The van der Waals surface area contributed by atoms with Gasteiger partial charge in [0.25, 0.3) is 0 Å². The molecule has 6 nitrogen and oxygen atoms in total. The fourth-order valence-electron chi connectivity index (χ4n) is 4.02. The van der Waals surface area contributed by atoms with Crippen LogP contribution in [0.25, 0.3) is 11.0 Å². The van der Waals surface area contributed by atoms with Gasteiger partial charge < -0.3 is 18.6 Å². The molecule has 0 saturated heterocycles. The Kier molecular flexibility index (Phi) is 13.6. The van der Waals surface area contributed by atoms with Gasteiger partial charge in [-0.2, -0.15) is 0 Å². The summed E-state index contributed by atoms with van der Waals surface area (Å²) in [7, 11) is 0. The van der Waals surface area contributed by atoms with Gasteiger partial charge in [-0.05, 0) is 58.2 Å². The number of carbonyl (C=O) groups excluding carboxylic acids is 1. The molecule has 37 heavy (non-hydrogen) atoms. The van der Waals surface area contributed by atoms with Crippen LogP contribution in [0.2, 0.25) is 0 Å². The summed E-state index contributed by atoms with van der Waals surface area (Å²) in [5.41, 5.74) is 1.99. The molecule has 1 aromatic heterocycles. The van der Waals surface area contributed by atoms with Gasteiger partial charge in [0.05, 0.1) is 12.0 Å². The van der Waals surface area contributed by atoms with Crippen molar-refractivity contribution >= 4 is 16.9 Å². The molecule has 2 rings (SSSR count). The molecule has 6 heteroatoms. The van der Waals surface area contributed by atoms with Gasteiger partial charge in [0.1, 0.15) is 6.61 Å². The topological polar surface area (TPSA) is 75.0 Å². The normalized spacial score (nSPS) is 11.4. The SMILES string of the molecule is CCCCCCCCCCOc1c(OC/C=C(\C)CCC=C(C)C)c(=O)oc2c(OC(C)=O)cccc12. The largest absolute Gasteiger partial charge is 0.489 e. The molecule has 0 radical (unpaired) electrons. The number of rotatable bonds is 17. The number of hydrogen-bond acceptors (Lipinski definition) is 6. The van der Waals surface area contributed by atoms with Crippen molar-refractivity contribution in [3.8, 4) is 17.2 Å². The van der Waals surface area contributed by atoms with Crippen LogP contribution in [0.4, 0.5) is 0 Å². The molecular weight excluding hydrogens is 468 g/mol. The zero-order valence-corrected chi connectivity index (χ0v) is 23.3. The van der Waals surface area contributed by atoms with Crippen molar-refractivity contribution in [3.63, 3.8) is 0 Å². The minimum atomic E-state index is -0.659.